The van der Waals surface area contributed by atoms with Crippen molar-refractivity contribution >= 4 is 35.2 Å². The number of nitriles is 1. The number of amides is 1. The monoisotopic (exact) mass is 476 g/mol. The standard InChI is InChI=1S/C26H21ClN2O5/c1-2-33-24-14-18(13-20(15-28)25(30)29-22-10-8-21(27)9-11-22)5-12-23(24)34-16-17-3-6-19(7-4-17)26(31)32/h3-14H,2,16H2,1H3,(H,29,30)(H,31,32)/b20-13-. The Balaban J connectivity index is 1.75. The second-order valence-corrected chi connectivity index (χ2v) is 7.50. The molecule has 0 heterocycles. The molecule has 0 bridgehead atoms. The first kappa shape index (κ1) is 24.4. The average Bonchev–Trinajstić information content (AvgIpc) is 2.83. The van der Waals surface area contributed by atoms with Crippen LogP contribution in [0.4, 0.5) is 5.69 Å². The lowest BCUT2D eigenvalue weighted by Gasteiger charge is -2.13. The predicted octanol–water partition coefficient (Wildman–Crippen LogP) is 5.56. The van der Waals surface area contributed by atoms with Gasteiger partial charge < -0.3 is 19.9 Å². The van der Waals surface area contributed by atoms with Gasteiger partial charge in [0.15, 0.2) is 11.5 Å². The summed E-state index contributed by atoms with van der Waals surface area (Å²) in [5, 5.41) is 21.7. The summed E-state index contributed by atoms with van der Waals surface area (Å²) in [5.41, 5.74) is 2.02. The van der Waals surface area contributed by atoms with Crippen molar-refractivity contribution in [3.63, 3.8) is 0 Å². The normalized spacial score (nSPS) is 10.8. The Morgan fingerprint density at radius 3 is 2.35 bits per heavy atom. The van der Waals surface area contributed by atoms with Crippen LogP contribution < -0.4 is 14.8 Å². The number of benzene rings is 3. The van der Waals surface area contributed by atoms with E-state index in [-0.39, 0.29) is 17.7 Å². The Bertz CT molecular complexity index is 1250. The molecule has 0 atom stereocenters. The smallest absolute Gasteiger partial charge is 0.335 e. The number of rotatable bonds is 9. The fourth-order valence-electron chi connectivity index (χ4n) is 2.95. The lowest BCUT2D eigenvalue weighted by atomic mass is 10.1. The van der Waals surface area contributed by atoms with Gasteiger partial charge in [0, 0.05) is 10.7 Å². The molecule has 2 N–H and O–H groups in total. The maximum atomic E-state index is 12.5. The summed E-state index contributed by atoms with van der Waals surface area (Å²) in [6.07, 6.45) is 1.46. The van der Waals surface area contributed by atoms with Gasteiger partial charge in [-0.15, -0.1) is 0 Å². The largest absolute Gasteiger partial charge is 0.490 e. The van der Waals surface area contributed by atoms with Crippen LogP contribution in [0.3, 0.4) is 0 Å². The third-order valence-electron chi connectivity index (χ3n) is 4.64. The molecule has 0 aliphatic carbocycles. The molecule has 0 aliphatic heterocycles. The summed E-state index contributed by atoms with van der Waals surface area (Å²) in [6, 6.07) is 19.9. The number of aromatic carboxylic acids is 1. The number of anilines is 1. The summed E-state index contributed by atoms with van der Waals surface area (Å²) in [5.74, 6) is -0.611. The van der Waals surface area contributed by atoms with Gasteiger partial charge in [-0.05, 0) is 72.7 Å². The molecule has 0 aliphatic rings. The highest BCUT2D eigenvalue weighted by Crippen LogP contribution is 2.30. The van der Waals surface area contributed by atoms with Gasteiger partial charge in [-0.25, -0.2) is 4.79 Å². The van der Waals surface area contributed by atoms with Crippen LogP contribution in [0, 0.1) is 11.3 Å². The molecule has 3 aromatic rings. The van der Waals surface area contributed by atoms with Crippen molar-refractivity contribution in [2.45, 2.75) is 13.5 Å². The molecule has 8 heteroatoms. The highest BCUT2D eigenvalue weighted by Gasteiger charge is 2.12. The van der Waals surface area contributed by atoms with Crippen molar-refractivity contribution in [1.82, 2.24) is 0 Å². The van der Waals surface area contributed by atoms with Crippen LogP contribution in [0.2, 0.25) is 5.02 Å². The van der Waals surface area contributed by atoms with Gasteiger partial charge in [0.1, 0.15) is 18.2 Å². The van der Waals surface area contributed by atoms with E-state index in [2.05, 4.69) is 5.32 Å². The Kier molecular flexibility index (Phi) is 8.27. The topological polar surface area (TPSA) is 109 Å². The fraction of sp³-hybridized carbons (Fsp3) is 0.115. The van der Waals surface area contributed by atoms with Gasteiger partial charge in [0.2, 0.25) is 0 Å². The Morgan fingerprint density at radius 2 is 1.74 bits per heavy atom. The van der Waals surface area contributed by atoms with E-state index >= 15 is 0 Å². The summed E-state index contributed by atoms with van der Waals surface area (Å²) >= 11 is 5.85. The van der Waals surface area contributed by atoms with E-state index in [0.29, 0.717) is 34.4 Å². The molecule has 0 fully saturated rings. The van der Waals surface area contributed by atoms with Crippen LogP contribution in [0.1, 0.15) is 28.4 Å². The summed E-state index contributed by atoms with van der Waals surface area (Å²) in [6.45, 7) is 2.43. The van der Waals surface area contributed by atoms with Gasteiger partial charge in [0.05, 0.1) is 12.2 Å². The first-order valence-corrected chi connectivity index (χ1v) is 10.7. The van der Waals surface area contributed by atoms with Crippen molar-refractivity contribution in [2.75, 3.05) is 11.9 Å². The Hall–Kier alpha value is -4.28. The maximum Gasteiger partial charge on any atom is 0.335 e. The number of nitrogens with zero attached hydrogens (tertiary/aromatic N) is 1. The van der Waals surface area contributed by atoms with E-state index in [9.17, 15) is 14.9 Å². The summed E-state index contributed by atoms with van der Waals surface area (Å²) in [7, 11) is 0. The lowest BCUT2D eigenvalue weighted by Crippen LogP contribution is -2.13. The quantitative estimate of drug-likeness (QED) is 0.309. The van der Waals surface area contributed by atoms with Crippen LogP contribution in [0.5, 0.6) is 11.5 Å². The number of hydrogen-bond acceptors (Lipinski definition) is 5. The molecule has 172 valence electrons. The van der Waals surface area contributed by atoms with Crippen molar-refractivity contribution < 1.29 is 24.2 Å². The van der Waals surface area contributed by atoms with Gasteiger partial charge >= 0.3 is 5.97 Å². The van der Waals surface area contributed by atoms with Crippen LogP contribution >= 0.6 is 11.6 Å². The minimum Gasteiger partial charge on any atom is -0.490 e. The number of hydrogen-bond donors (Lipinski definition) is 2. The first-order valence-electron chi connectivity index (χ1n) is 10.3. The Morgan fingerprint density at radius 1 is 1.03 bits per heavy atom. The van der Waals surface area contributed by atoms with E-state index in [0.717, 1.165) is 5.56 Å². The zero-order chi connectivity index (χ0) is 24.5. The van der Waals surface area contributed by atoms with Gasteiger partial charge in [-0.1, -0.05) is 29.8 Å². The van der Waals surface area contributed by atoms with E-state index in [1.165, 1.54) is 18.2 Å². The van der Waals surface area contributed by atoms with Crippen LogP contribution in [0.15, 0.2) is 72.3 Å². The number of nitrogens with one attached hydrogen (secondary N) is 1. The van der Waals surface area contributed by atoms with Gasteiger partial charge in [-0.2, -0.15) is 5.26 Å². The molecule has 0 unspecified atom stereocenters. The van der Waals surface area contributed by atoms with E-state index in [4.69, 9.17) is 26.2 Å². The van der Waals surface area contributed by atoms with Crippen LogP contribution in [-0.4, -0.2) is 23.6 Å². The molecule has 0 spiro atoms. The molecule has 34 heavy (non-hydrogen) atoms. The van der Waals surface area contributed by atoms with Gasteiger partial charge in [-0.3, -0.25) is 4.79 Å². The van der Waals surface area contributed by atoms with Gasteiger partial charge in [0.25, 0.3) is 5.91 Å². The molecule has 0 radical (unpaired) electrons. The highest BCUT2D eigenvalue weighted by molar-refractivity contribution is 6.30. The number of carboxylic acid groups (broad SMARTS) is 1. The molecule has 1 amide bonds. The lowest BCUT2D eigenvalue weighted by molar-refractivity contribution is -0.112. The molecule has 7 nitrogen and oxygen atoms in total. The number of carboxylic acids is 1. The van der Waals surface area contributed by atoms with E-state index in [1.54, 1.807) is 54.6 Å². The molecule has 0 saturated heterocycles. The second kappa shape index (κ2) is 11.5. The fourth-order valence-corrected chi connectivity index (χ4v) is 3.08. The van der Waals surface area contributed by atoms with Crippen LogP contribution in [0.25, 0.3) is 6.08 Å². The molecule has 3 aromatic carbocycles. The third-order valence-corrected chi connectivity index (χ3v) is 4.89. The zero-order valence-electron chi connectivity index (χ0n) is 18.2. The van der Waals surface area contributed by atoms with E-state index < -0.39 is 11.9 Å². The van der Waals surface area contributed by atoms with Crippen molar-refractivity contribution in [3.8, 4) is 17.6 Å². The predicted molar refractivity (Wildman–Crippen MR) is 129 cm³/mol. The number of carbonyl (C=O) groups is 2. The summed E-state index contributed by atoms with van der Waals surface area (Å²) < 4.78 is 11.5. The minimum absolute atomic E-state index is 0.0791. The second-order valence-electron chi connectivity index (χ2n) is 7.06. The van der Waals surface area contributed by atoms with Crippen molar-refractivity contribution in [2.24, 2.45) is 0 Å². The number of halogens is 1. The maximum absolute atomic E-state index is 12.5. The summed E-state index contributed by atoms with van der Waals surface area (Å²) in [4.78, 5) is 23.5. The molecular weight excluding hydrogens is 456 g/mol. The zero-order valence-corrected chi connectivity index (χ0v) is 19.0. The minimum atomic E-state index is -0.992. The first-order chi connectivity index (χ1) is 16.4. The molecule has 0 saturated carbocycles. The Labute approximate surface area is 201 Å². The number of ether oxygens (including phenoxy) is 2. The van der Waals surface area contributed by atoms with Crippen molar-refractivity contribution in [1.29, 1.82) is 5.26 Å². The van der Waals surface area contributed by atoms with Crippen molar-refractivity contribution in [3.05, 3.63) is 94.0 Å². The highest BCUT2D eigenvalue weighted by atomic mass is 35.5. The van der Waals surface area contributed by atoms with Crippen LogP contribution in [-0.2, 0) is 11.4 Å². The SMILES string of the molecule is CCOc1cc(/C=C(/C#N)C(=O)Nc2ccc(Cl)cc2)ccc1OCc1ccc(C(=O)O)cc1. The number of carbonyl (C=O) groups excluding carboxylic acids is 1. The average molecular weight is 477 g/mol. The molecule has 0 aromatic heterocycles. The third kappa shape index (κ3) is 6.61. The molecule has 3 rings (SSSR count). The van der Waals surface area contributed by atoms with E-state index in [1.807, 2.05) is 13.0 Å². The molecular formula is C26H21ClN2O5.